The molecule has 1 saturated carbocycles. The predicted molar refractivity (Wildman–Crippen MR) is 68.4 cm³/mol. The molecule has 3 rings (SSSR count). The third-order valence-electron chi connectivity index (χ3n) is 3.27. The van der Waals surface area contributed by atoms with E-state index in [1.165, 1.54) is 18.9 Å². The maximum Gasteiger partial charge on any atom is 0.168 e. The number of aryl methyl sites for hydroxylation is 1. The van der Waals surface area contributed by atoms with Crippen LogP contribution in [0.1, 0.15) is 18.4 Å². The molecule has 2 aromatic rings. The Hall–Kier alpha value is -1.75. The zero-order valence-electron chi connectivity index (χ0n) is 10.7. The van der Waals surface area contributed by atoms with Crippen molar-refractivity contribution in [1.82, 2.24) is 15.1 Å². The molecule has 1 aromatic heterocycles. The highest BCUT2D eigenvalue weighted by atomic mass is 19.2. The number of rotatable bonds is 4. The summed E-state index contributed by atoms with van der Waals surface area (Å²) in [5.41, 5.74) is 1.61. The van der Waals surface area contributed by atoms with Crippen LogP contribution in [0.3, 0.4) is 0 Å². The molecule has 0 atom stereocenters. The van der Waals surface area contributed by atoms with Crippen LogP contribution in [0.2, 0.25) is 0 Å². The topological polar surface area (TPSA) is 29.9 Å². The van der Waals surface area contributed by atoms with Crippen LogP contribution in [0.5, 0.6) is 0 Å². The first-order valence-corrected chi connectivity index (χ1v) is 6.35. The lowest BCUT2D eigenvalue weighted by Gasteiger charge is -2.05. The van der Waals surface area contributed by atoms with Crippen molar-refractivity contribution in [3.05, 3.63) is 41.6 Å². The molecule has 1 aliphatic rings. The van der Waals surface area contributed by atoms with Crippen molar-refractivity contribution in [2.24, 2.45) is 7.05 Å². The lowest BCUT2D eigenvalue weighted by Crippen LogP contribution is -2.15. The van der Waals surface area contributed by atoms with Gasteiger partial charge in [-0.15, -0.1) is 0 Å². The summed E-state index contributed by atoms with van der Waals surface area (Å²) in [4.78, 5) is 0. The Bertz CT molecular complexity index is 603. The maximum atomic E-state index is 13.8. The van der Waals surface area contributed by atoms with E-state index in [9.17, 15) is 8.78 Å². The zero-order chi connectivity index (χ0) is 13.4. The fraction of sp³-hybridized carbons (Fsp3) is 0.357. The fourth-order valence-electron chi connectivity index (χ4n) is 2.12. The predicted octanol–water partition coefficient (Wildman–Crippen LogP) is 2.62. The zero-order valence-corrected chi connectivity index (χ0v) is 10.7. The second kappa shape index (κ2) is 4.74. The molecule has 19 heavy (non-hydrogen) atoms. The van der Waals surface area contributed by atoms with Gasteiger partial charge in [-0.25, -0.2) is 8.78 Å². The molecule has 3 nitrogen and oxygen atoms in total. The molecule has 0 spiro atoms. The summed E-state index contributed by atoms with van der Waals surface area (Å²) >= 11 is 0. The monoisotopic (exact) mass is 263 g/mol. The highest BCUT2D eigenvalue weighted by Crippen LogP contribution is 2.27. The molecule has 100 valence electrons. The van der Waals surface area contributed by atoms with Gasteiger partial charge in [0.1, 0.15) is 0 Å². The second-order valence-corrected chi connectivity index (χ2v) is 4.93. The minimum Gasteiger partial charge on any atom is -0.310 e. The minimum absolute atomic E-state index is 0.216. The van der Waals surface area contributed by atoms with Crippen LogP contribution in [-0.4, -0.2) is 15.8 Å². The van der Waals surface area contributed by atoms with E-state index < -0.39 is 11.6 Å². The summed E-state index contributed by atoms with van der Waals surface area (Å²) in [6, 6.07) is 4.73. The average Bonchev–Trinajstić information content (AvgIpc) is 3.14. The van der Waals surface area contributed by atoms with Gasteiger partial charge in [0, 0.05) is 37.0 Å². The summed E-state index contributed by atoms with van der Waals surface area (Å²) in [5.74, 6) is -1.68. The van der Waals surface area contributed by atoms with E-state index in [2.05, 4.69) is 10.4 Å². The molecular formula is C14H15F2N3. The minimum atomic E-state index is -0.843. The molecule has 0 amide bonds. The molecule has 0 aliphatic heterocycles. The fourth-order valence-corrected chi connectivity index (χ4v) is 2.12. The lowest BCUT2D eigenvalue weighted by atomic mass is 10.1. The average molecular weight is 263 g/mol. The largest absolute Gasteiger partial charge is 0.310 e. The third kappa shape index (κ3) is 2.51. The van der Waals surface area contributed by atoms with Crippen LogP contribution in [0.25, 0.3) is 11.3 Å². The van der Waals surface area contributed by atoms with Crippen LogP contribution in [-0.2, 0) is 13.6 Å². The third-order valence-corrected chi connectivity index (χ3v) is 3.27. The maximum absolute atomic E-state index is 13.8. The number of aromatic nitrogens is 2. The molecule has 5 heteroatoms. The molecule has 1 aromatic carbocycles. The SMILES string of the molecule is Cn1cc(CNC2CC2)c(-c2cccc(F)c2F)n1. The Labute approximate surface area is 110 Å². The molecular weight excluding hydrogens is 248 g/mol. The van der Waals surface area contributed by atoms with Gasteiger partial charge < -0.3 is 5.32 Å². The van der Waals surface area contributed by atoms with E-state index in [-0.39, 0.29) is 5.56 Å². The lowest BCUT2D eigenvalue weighted by molar-refractivity contribution is 0.510. The molecule has 0 saturated heterocycles. The summed E-state index contributed by atoms with van der Waals surface area (Å²) in [7, 11) is 1.78. The highest BCUT2D eigenvalue weighted by molar-refractivity contribution is 5.63. The Morgan fingerprint density at radius 2 is 2.16 bits per heavy atom. The van der Waals surface area contributed by atoms with Gasteiger partial charge >= 0.3 is 0 Å². The first-order valence-electron chi connectivity index (χ1n) is 6.35. The molecule has 0 radical (unpaired) electrons. The normalized spacial score (nSPS) is 14.9. The summed E-state index contributed by atoms with van der Waals surface area (Å²) in [6.45, 7) is 0.629. The van der Waals surface area contributed by atoms with Crippen molar-refractivity contribution in [3.63, 3.8) is 0 Å². The standard InChI is InChI=1S/C14H15F2N3/c1-19-8-9(7-17-10-5-6-10)14(18-19)11-3-2-4-12(15)13(11)16/h2-4,8,10,17H,5-7H2,1H3. The van der Waals surface area contributed by atoms with Gasteiger partial charge in [0.2, 0.25) is 0 Å². The van der Waals surface area contributed by atoms with Crippen molar-refractivity contribution in [2.75, 3.05) is 0 Å². The molecule has 1 N–H and O–H groups in total. The Balaban J connectivity index is 1.96. The van der Waals surface area contributed by atoms with Crippen molar-refractivity contribution in [3.8, 4) is 11.3 Å². The summed E-state index contributed by atoms with van der Waals surface area (Å²) in [6.07, 6.45) is 4.21. The number of hydrogen-bond acceptors (Lipinski definition) is 2. The van der Waals surface area contributed by atoms with E-state index in [1.54, 1.807) is 17.8 Å². The molecule has 0 unspecified atom stereocenters. The molecule has 1 aliphatic carbocycles. The number of nitrogens with zero attached hydrogens (tertiary/aromatic N) is 2. The van der Waals surface area contributed by atoms with Crippen LogP contribution in [0, 0.1) is 11.6 Å². The smallest absolute Gasteiger partial charge is 0.168 e. The van der Waals surface area contributed by atoms with Crippen molar-refractivity contribution in [1.29, 1.82) is 0 Å². The van der Waals surface area contributed by atoms with Crippen LogP contribution in [0.4, 0.5) is 8.78 Å². The quantitative estimate of drug-likeness (QED) is 0.919. The van der Waals surface area contributed by atoms with E-state index >= 15 is 0 Å². The Morgan fingerprint density at radius 3 is 2.89 bits per heavy atom. The first kappa shape index (κ1) is 12.3. The van der Waals surface area contributed by atoms with Gasteiger partial charge in [0.15, 0.2) is 11.6 Å². The first-order chi connectivity index (χ1) is 9.15. The van der Waals surface area contributed by atoms with Crippen molar-refractivity contribution < 1.29 is 8.78 Å². The molecule has 1 heterocycles. The summed E-state index contributed by atoms with van der Waals surface area (Å²) in [5, 5.41) is 7.61. The Morgan fingerprint density at radius 1 is 1.37 bits per heavy atom. The van der Waals surface area contributed by atoms with E-state index in [0.29, 0.717) is 18.3 Å². The van der Waals surface area contributed by atoms with Crippen molar-refractivity contribution in [2.45, 2.75) is 25.4 Å². The van der Waals surface area contributed by atoms with Gasteiger partial charge in [-0.3, -0.25) is 4.68 Å². The number of halogens is 2. The van der Waals surface area contributed by atoms with Gasteiger partial charge in [0.25, 0.3) is 0 Å². The van der Waals surface area contributed by atoms with Gasteiger partial charge in [-0.05, 0) is 25.0 Å². The molecule has 0 bridgehead atoms. The Kier molecular flexibility index (Phi) is 3.06. The van der Waals surface area contributed by atoms with E-state index in [1.807, 2.05) is 6.20 Å². The summed E-state index contributed by atoms with van der Waals surface area (Å²) < 4.78 is 28.8. The van der Waals surface area contributed by atoms with Gasteiger partial charge in [-0.1, -0.05) is 6.07 Å². The van der Waals surface area contributed by atoms with E-state index in [4.69, 9.17) is 0 Å². The second-order valence-electron chi connectivity index (χ2n) is 4.93. The van der Waals surface area contributed by atoms with Crippen LogP contribution < -0.4 is 5.32 Å². The van der Waals surface area contributed by atoms with Crippen LogP contribution >= 0.6 is 0 Å². The van der Waals surface area contributed by atoms with Gasteiger partial charge in [-0.2, -0.15) is 5.10 Å². The number of nitrogens with one attached hydrogen (secondary N) is 1. The van der Waals surface area contributed by atoms with Crippen molar-refractivity contribution >= 4 is 0 Å². The highest BCUT2D eigenvalue weighted by Gasteiger charge is 2.22. The van der Waals surface area contributed by atoms with Gasteiger partial charge in [0.05, 0.1) is 5.69 Å². The van der Waals surface area contributed by atoms with E-state index in [0.717, 1.165) is 11.6 Å². The molecule has 1 fully saturated rings. The number of hydrogen-bond donors (Lipinski definition) is 1. The van der Waals surface area contributed by atoms with Crippen LogP contribution in [0.15, 0.2) is 24.4 Å². The number of benzene rings is 1.